The van der Waals surface area contributed by atoms with E-state index in [2.05, 4.69) is 0 Å². The molecule has 0 heterocycles. The molecule has 1 aromatic carbocycles. The molecule has 1 fully saturated rings. The van der Waals surface area contributed by atoms with Crippen LogP contribution in [0.4, 0.5) is 0 Å². The summed E-state index contributed by atoms with van der Waals surface area (Å²) in [7, 11) is 0. The molecule has 1 aromatic rings. The molecule has 0 bridgehead atoms. The molecule has 3 nitrogen and oxygen atoms in total. The Balaban J connectivity index is 1.61. The Bertz CT molecular complexity index is 452. The number of ketones is 1. The van der Waals surface area contributed by atoms with Crippen LogP contribution in [0.1, 0.15) is 5.56 Å². The molecule has 4 unspecified atom stereocenters. The molecule has 0 aliphatic heterocycles. The summed E-state index contributed by atoms with van der Waals surface area (Å²) >= 11 is 0. The molecule has 0 radical (unpaired) electrons. The van der Waals surface area contributed by atoms with E-state index in [0.717, 1.165) is 5.56 Å². The van der Waals surface area contributed by atoms with E-state index in [1.54, 1.807) is 0 Å². The number of Topliss-reactive ketones (excluding diaryl/α,β-unsaturated/α-hetero) is 1. The quantitative estimate of drug-likeness (QED) is 0.796. The van der Waals surface area contributed by atoms with Gasteiger partial charge in [0.05, 0.1) is 18.6 Å². The average molecular weight is 230 g/mol. The van der Waals surface area contributed by atoms with Crippen LogP contribution in [-0.2, 0) is 16.1 Å². The van der Waals surface area contributed by atoms with Crippen molar-refractivity contribution < 1.29 is 14.6 Å². The molecule has 2 aliphatic carbocycles. The maximum atomic E-state index is 11.5. The Morgan fingerprint density at radius 3 is 2.71 bits per heavy atom. The van der Waals surface area contributed by atoms with Crippen LogP contribution in [-0.4, -0.2) is 23.1 Å². The van der Waals surface area contributed by atoms with Crippen molar-refractivity contribution in [3.05, 3.63) is 48.0 Å². The van der Waals surface area contributed by atoms with Gasteiger partial charge in [0.1, 0.15) is 6.10 Å². The van der Waals surface area contributed by atoms with Crippen LogP contribution in [0, 0.1) is 11.8 Å². The van der Waals surface area contributed by atoms with Gasteiger partial charge >= 0.3 is 0 Å². The first-order chi connectivity index (χ1) is 8.27. The fourth-order valence-corrected chi connectivity index (χ4v) is 2.54. The summed E-state index contributed by atoms with van der Waals surface area (Å²) in [6, 6.07) is 9.87. The number of hydrogen-bond acceptors (Lipinski definition) is 3. The molecule has 3 heteroatoms. The highest BCUT2D eigenvalue weighted by Crippen LogP contribution is 2.41. The van der Waals surface area contributed by atoms with E-state index in [4.69, 9.17) is 4.74 Å². The lowest BCUT2D eigenvalue weighted by molar-refractivity contribution is -0.155. The van der Waals surface area contributed by atoms with Gasteiger partial charge < -0.3 is 9.84 Å². The number of benzene rings is 1. The van der Waals surface area contributed by atoms with E-state index in [1.165, 1.54) is 0 Å². The number of aliphatic hydroxyl groups excluding tert-OH is 1. The first kappa shape index (κ1) is 10.7. The SMILES string of the molecule is O=C1C(O)C2C=CC(OCc3ccccc3)C12. The van der Waals surface area contributed by atoms with Crippen molar-refractivity contribution >= 4 is 5.78 Å². The third kappa shape index (κ3) is 1.72. The fraction of sp³-hybridized carbons (Fsp3) is 0.357. The third-order valence-corrected chi connectivity index (χ3v) is 3.56. The topological polar surface area (TPSA) is 46.5 Å². The maximum Gasteiger partial charge on any atom is 0.168 e. The molecule has 0 amide bonds. The zero-order valence-corrected chi connectivity index (χ0v) is 9.32. The number of fused-ring (bicyclic) bond motifs is 1. The molecular formula is C14H14O3. The molecule has 1 saturated carbocycles. The summed E-state index contributed by atoms with van der Waals surface area (Å²) < 4.78 is 5.72. The largest absolute Gasteiger partial charge is 0.385 e. The second-order valence-corrected chi connectivity index (χ2v) is 4.60. The molecule has 1 N–H and O–H groups in total. The van der Waals surface area contributed by atoms with Crippen LogP contribution >= 0.6 is 0 Å². The Morgan fingerprint density at radius 2 is 1.94 bits per heavy atom. The molecule has 0 aromatic heterocycles. The van der Waals surface area contributed by atoms with E-state index in [-0.39, 0.29) is 23.7 Å². The minimum Gasteiger partial charge on any atom is -0.385 e. The molecule has 17 heavy (non-hydrogen) atoms. The van der Waals surface area contributed by atoms with Crippen molar-refractivity contribution in [2.45, 2.75) is 18.8 Å². The second kappa shape index (κ2) is 4.09. The number of hydrogen-bond donors (Lipinski definition) is 1. The van der Waals surface area contributed by atoms with Crippen molar-refractivity contribution in [1.29, 1.82) is 0 Å². The van der Waals surface area contributed by atoms with Crippen LogP contribution < -0.4 is 0 Å². The van der Waals surface area contributed by atoms with Crippen molar-refractivity contribution in [2.24, 2.45) is 11.8 Å². The first-order valence-corrected chi connectivity index (χ1v) is 5.83. The van der Waals surface area contributed by atoms with E-state index >= 15 is 0 Å². The summed E-state index contributed by atoms with van der Waals surface area (Å²) in [5.41, 5.74) is 1.09. The van der Waals surface area contributed by atoms with E-state index < -0.39 is 6.10 Å². The third-order valence-electron chi connectivity index (χ3n) is 3.56. The van der Waals surface area contributed by atoms with Crippen LogP contribution in [0.5, 0.6) is 0 Å². The number of ether oxygens (including phenoxy) is 1. The van der Waals surface area contributed by atoms with Gasteiger partial charge in [-0.3, -0.25) is 4.79 Å². The Hall–Kier alpha value is -1.45. The molecule has 4 atom stereocenters. The Labute approximate surface area is 99.7 Å². The molecule has 0 spiro atoms. The summed E-state index contributed by atoms with van der Waals surface area (Å²) in [6.07, 6.45) is 2.82. The van der Waals surface area contributed by atoms with E-state index in [9.17, 15) is 9.90 Å². The van der Waals surface area contributed by atoms with Gasteiger partial charge in [0.15, 0.2) is 5.78 Å². The summed E-state index contributed by atoms with van der Waals surface area (Å²) in [5, 5.41) is 9.43. The number of carbonyl (C=O) groups is 1. The fourth-order valence-electron chi connectivity index (χ4n) is 2.54. The van der Waals surface area contributed by atoms with Gasteiger partial charge in [-0.1, -0.05) is 42.5 Å². The number of rotatable bonds is 3. The summed E-state index contributed by atoms with van der Waals surface area (Å²) in [5.74, 6) is -0.268. The predicted molar refractivity (Wildman–Crippen MR) is 62.2 cm³/mol. The minimum atomic E-state index is -0.804. The highest BCUT2D eigenvalue weighted by atomic mass is 16.5. The molecule has 3 rings (SSSR count). The average Bonchev–Trinajstić information content (AvgIpc) is 2.77. The standard InChI is InChI=1S/C14H14O3/c15-13-10-6-7-11(12(10)14(13)16)17-8-9-4-2-1-3-5-9/h1-7,10-13,15H,8H2. The molecule has 88 valence electrons. The Kier molecular flexibility index (Phi) is 2.57. The Morgan fingerprint density at radius 1 is 1.18 bits per heavy atom. The minimum absolute atomic E-state index is 0.0247. The van der Waals surface area contributed by atoms with Gasteiger partial charge in [-0.05, 0) is 5.56 Å². The predicted octanol–water partition coefficient (Wildman–Crippen LogP) is 1.32. The molecule has 2 aliphatic rings. The van der Waals surface area contributed by atoms with Gasteiger partial charge in [0.2, 0.25) is 0 Å². The van der Waals surface area contributed by atoms with Crippen molar-refractivity contribution in [2.75, 3.05) is 0 Å². The normalized spacial score (nSPS) is 34.5. The van der Waals surface area contributed by atoms with Crippen molar-refractivity contribution in [1.82, 2.24) is 0 Å². The van der Waals surface area contributed by atoms with Gasteiger partial charge in [0, 0.05) is 5.92 Å². The van der Waals surface area contributed by atoms with Crippen LogP contribution in [0.25, 0.3) is 0 Å². The van der Waals surface area contributed by atoms with E-state index in [0.29, 0.717) is 6.61 Å². The zero-order chi connectivity index (χ0) is 11.8. The first-order valence-electron chi connectivity index (χ1n) is 5.83. The lowest BCUT2D eigenvalue weighted by Crippen LogP contribution is -2.53. The lowest BCUT2D eigenvalue weighted by Gasteiger charge is -2.37. The van der Waals surface area contributed by atoms with Crippen molar-refractivity contribution in [3.63, 3.8) is 0 Å². The van der Waals surface area contributed by atoms with Crippen LogP contribution in [0.15, 0.2) is 42.5 Å². The molecular weight excluding hydrogens is 216 g/mol. The zero-order valence-electron chi connectivity index (χ0n) is 9.32. The van der Waals surface area contributed by atoms with Crippen LogP contribution in [0.3, 0.4) is 0 Å². The monoisotopic (exact) mass is 230 g/mol. The summed E-state index contributed by atoms with van der Waals surface area (Å²) in [4.78, 5) is 11.5. The van der Waals surface area contributed by atoms with Gasteiger partial charge in [-0.25, -0.2) is 0 Å². The maximum absolute atomic E-state index is 11.5. The van der Waals surface area contributed by atoms with Gasteiger partial charge in [0.25, 0.3) is 0 Å². The summed E-state index contributed by atoms with van der Waals surface area (Å²) in [6.45, 7) is 0.502. The highest BCUT2D eigenvalue weighted by molar-refractivity contribution is 5.94. The van der Waals surface area contributed by atoms with Crippen LogP contribution in [0.2, 0.25) is 0 Å². The number of aliphatic hydroxyl groups is 1. The van der Waals surface area contributed by atoms with Gasteiger partial charge in [-0.2, -0.15) is 0 Å². The van der Waals surface area contributed by atoms with Gasteiger partial charge in [-0.15, -0.1) is 0 Å². The lowest BCUT2D eigenvalue weighted by atomic mass is 9.71. The highest BCUT2D eigenvalue weighted by Gasteiger charge is 2.53. The number of carbonyl (C=O) groups excluding carboxylic acids is 1. The smallest absolute Gasteiger partial charge is 0.168 e. The van der Waals surface area contributed by atoms with Crippen molar-refractivity contribution in [3.8, 4) is 0 Å². The van der Waals surface area contributed by atoms with E-state index in [1.807, 2.05) is 42.5 Å². The second-order valence-electron chi connectivity index (χ2n) is 4.60. The molecule has 0 saturated heterocycles.